The van der Waals surface area contributed by atoms with Crippen LogP contribution in [0.5, 0.6) is 0 Å². The summed E-state index contributed by atoms with van der Waals surface area (Å²) in [5.74, 6) is -0.466. The van der Waals surface area contributed by atoms with Crippen molar-refractivity contribution in [1.82, 2.24) is 14.5 Å². The third kappa shape index (κ3) is 4.74. The van der Waals surface area contributed by atoms with Crippen LogP contribution in [-0.2, 0) is 17.9 Å². The van der Waals surface area contributed by atoms with Gasteiger partial charge in [0.2, 0.25) is 5.91 Å². The molecule has 0 saturated heterocycles. The lowest BCUT2D eigenvalue weighted by Gasteiger charge is -2.22. The molecule has 3 aromatic rings. The van der Waals surface area contributed by atoms with Crippen LogP contribution in [0.3, 0.4) is 0 Å². The molecule has 150 valence electrons. The van der Waals surface area contributed by atoms with Gasteiger partial charge in [-0.2, -0.15) is 0 Å². The van der Waals surface area contributed by atoms with Crippen molar-refractivity contribution >= 4 is 28.6 Å². The molecular formula is C22H22FN3O2S. The van der Waals surface area contributed by atoms with E-state index in [9.17, 15) is 14.0 Å². The zero-order chi connectivity index (χ0) is 21.0. The highest BCUT2D eigenvalue weighted by molar-refractivity contribution is 8.00. The normalized spacial score (nSPS) is 12.0. The van der Waals surface area contributed by atoms with Crippen molar-refractivity contribution in [3.05, 3.63) is 82.9 Å². The molecule has 0 aliphatic heterocycles. The second-order valence-corrected chi connectivity index (χ2v) is 8.01. The minimum absolute atomic E-state index is 0.133. The Morgan fingerprint density at radius 1 is 1.31 bits per heavy atom. The number of nitrogens with zero attached hydrogens (tertiary/aromatic N) is 3. The molecule has 1 atom stereocenters. The van der Waals surface area contributed by atoms with E-state index >= 15 is 0 Å². The van der Waals surface area contributed by atoms with Gasteiger partial charge in [-0.25, -0.2) is 9.37 Å². The maximum absolute atomic E-state index is 13.4. The lowest BCUT2D eigenvalue weighted by molar-refractivity contribution is -0.129. The van der Waals surface area contributed by atoms with Crippen LogP contribution in [0, 0.1) is 5.82 Å². The summed E-state index contributed by atoms with van der Waals surface area (Å²) in [6.07, 6.45) is 1.63. The third-order valence-corrected chi connectivity index (χ3v) is 5.53. The fraction of sp³-hybridized carbons (Fsp3) is 0.227. The van der Waals surface area contributed by atoms with Crippen molar-refractivity contribution in [1.29, 1.82) is 0 Å². The first-order valence-corrected chi connectivity index (χ1v) is 10.0. The number of fused-ring (bicyclic) bond motifs is 1. The number of amides is 1. The van der Waals surface area contributed by atoms with Gasteiger partial charge >= 0.3 is 0 Å². The quantitative estimate of drug-likeness (QED) is 0.337. The summed E-state index contributed by atoms with van der Waals surface area (Å²) in [5.41, 5.74) is 1.14. The molecule has 5 nitrogen and oxygen atoms in total. The number of hydrogen-bond donors (Lipinski definition) is 0. The summed E-state index contributed by atoms with van der Waals surface area (Å²) in [6.45, 7) is 6.09. The van der Waals surface area contributed by atoms with Crippen LogP contribution in [0.25, 0.3) is 10.9 Å². The number of aromatic nitrogens is 2. The van der Waals surface area contributed by atoms with Crippen LogP contribution in [-0.4, -0.2) is 32.7 Å². The van der Waals surface area contributed by atoms with Gasteiger partial charge in [0.05, 0.1) is 16.2 Å². The average Bonchev–Trinajstić information content (AvgIpc) is 2.70. The fourth-order valence-electron chi connectivity index (χ4n) is 3.03. The molecule has 2 aromatic carbocycles. The van der Waals surface area contributed by atoms with E-state index in [1.807, 2.05) is 6.07 Å². The predicted octanol–water partition coefficient (Wildman–Crippen LogP) is 3.86. The number of thioether (sulfide) groups is 1. The van der Waals surface area contributed by atoms with E-state index in [0.29, 0.717) is 34.7 Å². The number of benzene rings is 2. The topological polar surface area (TPSA) is 55.2 Å². The van der Waals surface area contributed by atoms with Gasteiger partial charge in [-0.3, -0.25) is 14.2 Å². The van der Waals surface area contributed by atoms with Crippen LogP contribution >= 0.6 is 11.8 Å². The minimum atomic E-state index is -0.474. The highest BCUT2D eigenvalue weighted by atomic mass is 32.2. The Labute approximate surface area is 172 Å². The Hall–Kier alpha value is -2.93. The Kier molecular flexibility index (Phi) is 6.49. The van der Waals surface area contributed by atoms with Gasteiger partial charge in [-0.1, -0.05) is 42.1 Å². The van der Waals surface area contributed by atoms with Crippen LogP contribution < -0.4 is 5.56 Å². The monoisotopic (exact) mass is 411 g/mol. The number of rotatable bonds is 7. The molecule has 0 aliphatic rings. The molecule has 29 heavy (non-hydrogen) atoms. The van der Waals surface area contributed by atoms with E-state index in [4.69, 9.17) is 0 Å². The van der Waals surface area contributed by atoms with Crippen molar-refractivity contribution in [2.75, 3.05) is 7.05 Å². The Morgan fingerprint density at radius 2 is 2.07 bits per heavy atom. The minimum Gasteiger partial charge on any atom is -0.340 e. The number of carbonyl (C=O) groups is 1. The standard InChI is InChI=1S/C22H22FN3O2S/c1-4-12-26-21(28)18-10-5-6-11-19(18)24-22(26)29-15(2)20(27)25(3)14-16-8-7-9-17(23)13-16/h4-11,13,15H,1,12,14H2,2-3H3. The zero-order valence-corrected chi connectivity index (χ0v) is 17.2. The molecule has 0 radical (unpaired) electrons. The smallest absolute Gasteiger partial charge is 0.262 e. The summed E-state index contributed by atoms with van der Waals surface area (Å²) in [5, 5.41) is 0.521. The Balaban J connectivity index is 1.83. The van der Waals surface area contributed by atoms with E-state index in [0.717, 1.165) is 0 Å². The number of halogens is 1. The molecule has 1 unspecified atom stereocenters. The van der Waals surface area contributed by atoms with E-state index in [1.165, 1.54) is 28.5 Å². The van der Waals surface area contributed by atoms with Crippen LogP contribution in [0.1, 0.15) is 12.5 Å². The van der Waals surface area contributed by atoms with Gasteiger partial charge in [0.25, 0.3) is 5.56 Å². The fourth-order valence-corrected chi connectivity index (χ4v) is 4.07. The molecule has 0 bridgehead atoms. The van der Waals surface area contributed by atoms with Crippen molar-refractivity contribution in [2.24, 2.45) is 0 Å². The van der Waals surface area contributed by atoms with Crippen molar-refractivity contribution < 1.29 is 9.18 Å². The van der Waals surface area contributed by atoms with Crippen LogP contribution in [0.4, 0.5) is 4.39 Å². The lowest BCUT2D eigenvalue weighted by Crippen LogP contribution is -2.33. The van der Waals surface area contributed by atoms with Gasteiger partial charge in [0.1, 0.15) is 5.82 Å². The first-order chi connectivity index (χ1) is 13.9. The summed E-state index contributed by atoms with van der Waals surface area (Å²) in [7, 11) is 1.68. The number of hydrogen-bond acceptors (Lipinski definition) is 4. The summed E-state index contributed by atoms with van der Waals surface area (Å²) in [4.78, 5) is 31.8. The van der Waals surface area contributed by atoms with E-state index < -0.39 is 5.25 Å². The SMILES string of the molecule is C=CCn1c(SC(C)C(=O)N(C)Cc2cccc(F)c2)nc2ccccc2c1=O. The predicted molar refractivity (Wildman–Crippen MR) is 114 cm³/mol. The molecule has 0 N–H and O–H groups in total. The van der Waals surface area contributed by atoms with Gasteiger partial charge < -0.3 is 4.90 Å². The van der Waals surface area contributed by atoms with Gasteiger partial charge in [-0.05, 0) is 36.8 Å². The second kappa shape index (κ2) is 9.05. The third-order valence-electron chi connectivity index (χ3n) is 4.45. The van der Waals surface area contributed by atoms with Crippen LogP contribution in [0.2, 0.25) is 0 Å². The molecule has 7 heteroatoms. The molecule has 0 fully saturated rings. The maximum Gasteiger partial charge on any atom is 0.262 e. The van der Waals surface area contributed by atoms with E-state index in [2.05, 4.69) is 11.6 Å². The molecule has 1 amide bonds. The van der Waals surface area contributed by atoms with Gasteiger partial charge in [-0.15, -0.1) is 6.58 Å². The molecule has 3 rings (SSSR count). The number of carbonyl (C=O) groups excluding carboxylic acids is 1. The second-order valence-electron chi connectivity index (χ2n) is 6.70. The molecule has 0 spiro atoms. The lowest BCUT2D eigenvalue weighted by atomic mass is 10.2. The van der Waals surface area contributed by atoms with Crippen molar-refractivity contribution in [3.8, 4) is 0 Å². The number of allylic oxidation sites excluding steroid dienone is 1. The Bertz CT molecular complexity index is 1110. The first kappa shape index (κ1) is 20.8. The zero-order valence-electron chi connectivity index (χ0n) is 16.3. The number of para-hydroxylation sites is 1. The largest absolute Gasteiger partial charge is 0.340 e. The maximum atomic E-state index is 13.4. The van der Waals surface area contributed by atoms with Crippen LogP contribution in [0.15, 0.2) is 71.1 Å². The van der Waals surface area contributed by atoms with Crippen molar-refractivity contribution in [3.63, 3.8) is 0 Å². The Morgan fingerprint density at radius 3 is 2.79 bits per heavy atom. The molecule has 0 saturated carbocycles. The highest BCUT2D eigenvalue weighted by Crippen LogP contribution is 2.24. The average molecular weight is 412 g/mol. The van der Waals surface area contributed by atoms with Crippen molar-refractivity contribution in [2.45, 2.75) is 30.4 Å². The summed E-state index contributed by atoms with van der Waals surface area (Å²) >= 11 is 1.23. The van der Waals surface area contributed by atoms with Gasteiger partial charge in [0, 0.05) is 20.1 Å². The summed E-state index contributed by atoms with van der Waals surface area (Å²) in [6, 6.07) is 13.3. The molecular weight excluding hydrogens is 389 g/mol. The first-order valence-electron chi connectivity index (χ1n) is 9.17. The molecule has 1 heterocycles. The van der Waals surface area contributed by atoms with E-state index in [-0.39, 0.29) is 17.3 Å². The molecule has 1 aromatic heterocycles. The molecule has 0 aliphatic carbocycles. The van der Waals surface area contributed by atoms with E-state index in [1.54, 1.807) is 55.3 Å². The van der Waals surface area contributed by atoms with Gasteiger partial charge in [0.15, 0.2) is 5.16 Å². The highest BCUT2D eigenvalue weighted by Gasteiger charge is 2.22. The summed E-state index contributed by atoms with van der Waals surface area (Å²) < 4.78 is 14.9.